The minimum atomic E-state index is -1.98. The smallest absolute Gasteiger partial charge is 0.187 e. The molecule has 252 valence electrons. The van der Waals surface area contributed by atoms with Crippen molar-refractivity contribution in [1.29, 1.82) is 0 Å². The van der Waals surface area contributed by atoms with Crippen LogP contribution in [0, 0.1) is 0 Å². The van der Waals surface area contributed by atoms with Crippen LogP contribution in [0.2, 0.25) is 0 Å². The maximum Gasteiger partial charge on any atom is 0.187 e. The number of ether oxygens (including phenoxy) is 7. The van der Waals surface area contributed by atoms with Gasteiger partial charge >= 0.3 is 0 Å². The summed E-state index contributed by atoms with van der Waals surface area (Å²) >= 11 is 0. The molecule has 0 aliphatic carbocycles. The molecule has 0 aromatic rings. The van der Waals surface area contributed by atoms with Crippen molar-refractivity contribution in [3.8, 4) is 0 Å². The Labute approximate surface area is 244 Å². The average Bonchev–Trinajstić information content (AvgIpc) is 2.98. The minimum absolute atomic E-state index is 0.642. The van der Waals surface area contributed by atoms with Crippen molar-refractivity contribution < 1.29 is 94.4 Å². The molecule has 0 saturated carbocycles. The highest BCUT2D eigenvalue weighted by Gasteiger charge is 2.53. The van der Waals surface area contributed by atoms with Gasteiger partial charge in [-0.2, -0.15) is 0 Å². The van der Waals surface area contributed by atoms with Gasteiger partial charge < -0.3 is 94.4 Å². The second-order valence-electron chi connectivity index (χ2n) is 11.2. The molecule has 4 aliphatic heterocycles. The minimum Gasteiger partial charge on any atom is -0.394 e. The van der Waals surface area contributed by atoms with Crippen molar-refractivity contribution in [2.75, 3.05) is 13.2 Å². The van der Waals surface area contributed by atoms with E-state index in [9.17, 15) is 61.3 Å². The predicted octanol–water partition coefficient (Wildman–Crippen LogP) is -7.69. The van der Waals surface area contributed by atoms with Gasteiger partial charge in [0.05, 0.1) is 25.4 Å². The number of aliphatic hydroxyl groups excluding tert-OH is 12. The van der Waals surface area contributed by atoms with E-state index >= 15 is 0 Å². The maximum atomic E-state index is 11.0. The van der Waals surface area contributed by atoms with Crippen molar-refractivity contribution in [1.82, 2.24) is 0 Å². The molecule has 0 aromatic heterocycles. The van der Waals surface area contributed by atoms with Gasteiger partial charge in [-0.05, 0) is 13.8 Å². The molecule has 19 nitrogen and oxygen atoms in total. The molecule has 0 amide bonds. The van der Waals surface area contributed by atoms with Crippen LogP contribution >= 0.6 is 0 Å². The van der Waals surface area contributed by atoms with Crippen LogP contribution in [0.5, 0.6) is 0 Å². The lowest BCUT2D eigenvalue weighted by Crippen LogP contribution is -2.66. The number of hydrogen-bond donors (Lipinski definition) is 12. The molecule has 4 fully saturated rings. The summed E-state index contributed by atoms with van der Waals surface area (Å²) in [6.45, 7) is 1.39. The van der Waals surface area contributed by atoms with Crippen molar-refractivity contribution >= 4 is 0 Å². The molecule has 0 bridgehead atoms. The van der Waals surface area contributed by atoms with Gasteiger partial charge in [-0.25, -0.2) is 0 Å². The topological polar surface area (TPSA) is 307 Å². The van der Waals surface area contributed by atoms with Crippen LogP contribution in [-0.2, 0) is 33.2 Å². The van der Waals surface area contributed by atoms with Crippen LogP contribution in [0.4, 0.5) is 0 Å². The van der Waals surface area contributed by atoms with E-state index in [4.69, 9.17) is 33.2 Å². The first kappa shape index (κ1) is 35.1. The molecule has 1 unspecified atom stereocenters. The Balaban J connectivity index is 1.47. The van der Waals surface area contributed by atoms with Gasteiger partial charge in [0.1, 0.15) is 85.5 Å². The first-order valence-corrected chi connectivity index (χ1v) is 13.8. The average molecular weight is 635 g/mol. The van der Waals surface area contributed by atoms with Gasteiger partial charge in [-0.15, -0.1) is 0 Å². The van der Waals surface area contributed by atoms with Gasteiger partial charge in [0.2, 0.25) is 0 Å². The SMILES string of the molecule is C[C@@H]1O[C@@H](O[C@H]2[C@H](O[C@H]3[C@H](O)[C@@H](CO[C@@H]4O[C@H](CO)[C@@H](O)[C@H](O)[C@H]4O)OC(O)[C@@H]3O)O[C@@H](C)[C@H](O)[C@H]2O)[C@H](O)[C@H](O)[C@H]1O. The first-order valence-electron chi connectivity index (χ1n) is 13.8. The molecule has 0 aromatic carbocycles. The van der Waals surface area contributed by atoms with Crippen molar-refractivity contribution in [3.63, 3.8) is 0 Å². The summed E-state index contributed by atoms with van der Waals surface area (Å²) in [5.41, 5.74) is 0. The standard InChI is InChI=1S/C24H42O19/c1-5-9(26)13(30)17(34)23(38-5)43-20-15(32)10(27)6(2)39-24(20)42-19-12(29)8(40-21(36)18(19)35)4-37-22-16(33)14(31)11(28)7(3-25)41-22/h5-36H,3-4H2,1-2H3/t5-,6-,7+,8+,9-,10-,11+,12+,13+,14-,15+,16+,17+,18+,19-,20+,21?,22+,23-,24-/m0/s1. The first-order chi connectivity index (χ1) is 20.2. The molecular formula is C24H42O19. The number of hydrogen-bond acceptors (Lipinski definition) is 19. The fourth-order valence-corrected chi connectivity index (χ4v) is 5.30. The zero-order chi connectivity index (χ0) is 31.9. The lowest BCUT2D eigenvalue weighted by Gasteiger charge is -2.48. The van der Waals surface area contributed by atoms with Crippen molar-refractivity contribution in [2.45, 2.75) is 137 Å². The van der Waals surface area contributed by atoms with E-state index < -0.39 is 136 Å². The van der Waals surface area contributed by atoms with E-state index in [-0.39, 0.29) is 0 Å². The Bertz CT molecular complexity index is 884. The molecule has 19 heteroatoms. The number of aliphatic hydroxyl groups is 12. The second-order valence-corrected chi connectivity index (χ2v) is 11.2. The Hall–Kier alpha value is -0.760. The van der Waals surface area contributed by atoms with Gasteiger partial charge in [-0.3, -0.25) is 0 Å². The second kappa shape index (κ2) is 14.3. The van der Waals surface area contributed by atoms with Crippen molar-refractivity contribution in [3.05, 3.63) is 0 Å². The maximum absolute atomic E-state index is 11.0. The van der Waals surface area contributed by atoms with Crippen LogP contribution in [0.3, 0.4) is 0 Å². The monoisotopic (exact) mass is 634 g/mol. The highest BCUT2D eigenvalue weighted by Crippen LogP contribution is 2.33. The Morgan fingerprint density at radius 1 is 0.465 bits per heavy atom. The summed E-state index contributed by atoms with van der Waals surface area (Å²) in [5.74, 6) is 0. The molecule has 4 aliphatic rings. The zero-order valence-corrected chi connectivity index (χ0v) is 23.2. The Morgan fingerprint density at radius 3 is 1.63 bits per heavy atom. The quantitative estimate of drug-likeness (QED) is 0.118. The molecule has 0 spiro atoms. The van der Waals surface area contributed by atoms with E-state index in [0.717, 1.165) is 0 Å². The third kappa shape index (κ3) is 7.15. The van der Waals surface area contributed by atoms with Crippen molar-refractivity contribution in [2.24, 2.45) is 0 Å². The summed E-state index contributed by atoms with van der Waals surface area (Å²) in [6, 6.07) is 0. The van der Waals surface area contributed by atoms with E-state index in [1.807, 2.05) is 0 Å². The van der Waals surface area contributed by atoms with Crippen LogP contribution in [0.15, 0.2) is 0 Å². The van der Waals surface area contributed by atoms with Crippen LogP contribution in [-0.4, -0.2) is 197 Å². The lowest BCUT2D eigenvalue weighted by atomic mass is 9.96. The molecule has 12 N–H and O–H groups in total. The fourth-order valence-electron chi connectivity index (χ4n) is 5.30. The zero-order valence-electron chi connectivity index (χ0n) is 23.2. The van der Waals surface area contributed by atoms with E-state index in [0.29, 0.717) is 0 Å². The van der Waals surface area contributed by atoms with Crippen LogP contribution < -0.4 is 0 Å². The molecule has 4 saturated heterocycles. The highest BCUT2D eigenvalue weighted by molar-refractivity contribution is 4.96. The fraction of sp³-hybridized carbons (Fsp3) is 1.00. The lowest BCUT2D eigenvalue weighted by molar-refractivity contribution is -0.385. The molecule has 4 rings (SSSR count). The van der Waals surface area contributed by atoms with E-state index in [1.54, 1.807) is 0 Å². The summed E-state index contributed by atoms with van der Waals surface area (Å²) in [4.78, 5) is 0. The summed E-state index contributed by atoms with van der Waals surface area (Å²) in [5, 5.41) is 123. The van der Waals surface area contributed by atoms with Crippen LogP contribution in [0.25, 0.3) is 0 Å². The van der Waals surface area contributed by atoms with E-state index in [2.05, 4.69) is 0 Å². The molecule has 43 heavy (non-hydrogen) atoms. The third-order valence-electron chi connectivity index (χ3n) is 8.11. The van der Waals surface area contributed by atoms with Gasteiger partial charge in [0.25, 0.3) is 0 Å². The summed E-state index contributed by atoms with van der Waals surface area (Å²) in [7, 11) is 0. The predicted molar refractivity (Wildman–Crippen MR) is 131 cm³/mol. The molecular weight excluding hydrogens is 592 g/mol. The highest BCUT2D eigenvalue weighted by atomic mass is 16.8. The third-order valence-corrected chi connectivity index (χ3v) is 8.11. The summed E-state index contributed by atoms with van der Waals surface area (Å²) < 4.78 is 38.2. The molecule has 4 heterocycles. The molecule has 0 radical (unpaired) electrons. The molecule has 20 atom stereocenters. The van der Waals surface area contributed by atoms with E-state index in [1.165, 1.54) is 13.8 Å². The normalized spacial score (nSPS) is 54.8. The Morgan fingerprint density at radius 2 is 1.00 bits per heavy atom. The van der Waals surface area contributed by atoms with Gasteiger partial charge in [0.15, 0.2) is 25.2 Å². The number of rotatable bonds is 8. The largest absolute Gasteiger partial charge is 0.394 e. The Kier molecular flexibility index (Phi) is 11.7. The van der Waals surface area contributed by atoms with Gasteiger partial charge in [-0.1, -0.05) is 0 Å². The van der Waals surface area contributed by atoms with Gasteiger partial charge in [0, 0.05) is 0 Å². The summed E-state index contributed by atoms with van der Waals surface area (Å²) in [6.07, 6.45) is -32.4. The van der Waals surface area contributed by atoms with Crippen LogP contribution in [0.1, 0.15) is 13.8 Å².